The van der Waals surface area contributed by atoms with Crippen molar-refractivity contribution >= 4 is 17.8 Å². The number of esters is 1. The number of ether oxygens (including phenoxy) is 1. The summed E-state index contributed by atoms with van der Waals surface area (Å²) in [5.41, 5.74) is 0. The summed E-state index contributed by atoms with van der Waals surface area (Å²) in [5.74, 6) is 1.12. The van der Waals surface area contributed by atoms with Crippen LogP contribution in [0.3, 0.4) is 0 Å². The van der Waals surface area contributed by atoms with Gasteiger partial charge in [0.1, 0.15) is 0 Å². The number of rotatable bonds is 6. The fourth-order valence-corrected chi connectivity index (χ4v) is 5.01. The molecule has 1 aliphatic carbocycles. The molecule has 0 aromatic heterocycles. The van der Waals surface area contributed by atoms with Crippen molar-refractivity contribution in [3.05, 3.63) is 0 Å². The number of amides is 2. The van der Waals surface area contributed by atoms with Crippen LogP contribution >= 0.6 is 0 Å². The maximum Gasteiger partial charge on any atom is 0.305 e. The number of piperidine rings is 2. The first-order valence-corrected chi connectivity index (χ1v) is 11.4. The minimum absolute atomic E-state index is 0.105. The van der Waals surface area contributed by atoms with E-state index in [4.69, 9.17) is 4.74 Å². The van der Waals surface area contributed by atoms with E-state index in [0.717, 1.165) is 84.0 Å². The Bertz CT molecular complexity index is 560. The van der Waals surface area contributed by atoms with E-state index in [0.29, 0.717) is 18.2 Å². The highest BCUT2D eigenvalue weighted by Gasteiger charge is 2.32. The Kier molecular flexibility index (Phi) is 8.33. The van der Waals surface area contributed by atoms with Crippen LogP contribution in [-0.2, 0) is 19.1 Å². The van der Waals surface area contributed by atoms with Gasteiger partial charge in [0.15, 0.2) is 0 Å². The molecule has 0 atom stereocenters. The Balaban J connectivity index is 1.35. The standard InChI is InChI=1S/C22H37N3O4/c1-29-20(26)7-2-16-10-14-25(15-11-16)22(28)18-3-5-19(6-4-18)24-21(27)17-8-12-23-13-9-17/h16-19,23H,2-15H2,1H3,(H,24,27). The Hall–Kier alpha value is -1.63. The zero-order valence-electron chi connectivity index (χ0n) is 17.8. The minimum Gasteiger partial charge on any atom is -0.469 e. The number of nitrogens with zero attached hydrogens (tertiary/aromatic N) is 1. The van der Waals surface area contributed by atoms with E-state index in [-0.39, 0.29) is 29.8 Å². The fourth-order valence-electron chi connectivity index (χ4n) is 5.01. The molecule has 0 bridgehead atoms. The summed E-state index contributed by atoms with van der Waals surface area (Å²) in [6, 6.07) is 0.227. The molecule has 3 aliphatic rings. The highest BCUT2D eigenvalue weighted by Crippen LogP contribution is 2.29. The molecule has 3 fully saturated rings. The third-order valence-corrected chi connectivity index (χ3v) is 7.04. The third kappa shape index (κ3) is 6.43. The van der Waals surface area contributed by atoms with Gasteiger partial charge in [0, 0.05) is 37.4 Å². The normalized spacial score (nSPS) is 26.7. The van der Waals surface area contributed by atoms with Crippen LogP contribution < -0.4 is 10.6 Å². The van der Waals surface area contributed by atoms with Gasteiger partial charge in [0.2, 0.25) is 11.8 Å². The van der Waals surface area contributed by atoms with Crippen molar-refractivity contribution in [3.63, 3.8) is 0 Å². The number of carbonyl (C=O) groups is 3. The lowest BCUT2D eigenvalue weighted by molar-refractivity contribution is -0.142. The van der Waals surface area contributed by atoms with Crippen molar-refractivity contribution in [1.29, 1.82) is 0 Å². The van der Waals surface area contributed by atoms with E-state index >= 15 is 0 Å². The van der Waals surface area contributed by atoms with Gasteiger partial charge in [-0.25, -0.2) is 0 Å². The van der Waals surface area contributed by atoms with Gasteiger partial charge in [-0.05, 0) is 76.8 Å². The zero-order valence-corrected chi connectivity index (χ0v) is 17.8. The van der Waals surface area contributed by atoms with E-state index in [2.05, 4.69) is 10.6 Å². The van der Waals surface area contributed by atoms with Crippen LogP contribution in [0.15, 0.2) is 0 Å². The second-order valence-electron chi connectivity index (χ2n) is 8.96. The van der Waals surface area contributed by atoms with Gasteiger partial charge >= 0.3 is 5.97 Å². The Morgan fingerprint density at radius 2 is 1.59 bits per heavy atom. The summed E-state index contributed by atoms with van der Waals surface area (Å²) in [6.07, 6.45) is 8.69. The molecule has 2 saturated heterocycles. The van der Waals surface area contributed by atoms with Gasteiger partial charge < -0.3 is 20.3 Å². The number of methoxy groups -OCH3 is 1. The van der Waals surface area contributed by atoms with E-state index in [1.54, 1.807) is 0 Å². The zero-order chi connectivity index (χ0) is 20.6. The number of nitrogens with one attached hydrogen (secondary N) is 2. The van der Waals surface area contributed by atoms with Gasteiger partial charge in [0.05, 0.1) is 7.11 Å². The third-order valence-electron chi connectivity index (χ3n) is 7.04. The molecule has 0 radical (unpaired) electrons. The van der Waals surface area contributed by atoms with Crippen LogP contribution in [0, 0.1) is 17.8 Å². The maximum atomic E-state index is 12.9. The average Bonchev–Trinajstić information content (AvgIpc) is 2.78. The van der Waals surface area contributed by atoms with Crippen LogP contribution in [0.25, 0.3) is 0 Å². The van der Waals surface area contributed by atoms with Crippen LogP contribution in [0.1, 0.15) is 64.2 Å². The van der Waals surface area contributed by atoms with Gasteiger partial charge in [-0.2, -0.15) is 0 Å². The molecule has 7 heteroatoms. The van der Waals surface area contributed by atoms with E-state index in [9.17, 15) is 14.4 Å². The molecule has 2 heterocycles. The van der Waals surface area contributed by atoms with Crippen LogP contribution in [0.5, 0.6) is 0 Å². The molecular formula is C22H37N3O4. The number of carbonyl (C=O) groups excluding carboxylic acids is 3. The van der Waals surface area contributed by atoms with Crippen molar-refractivity contribution < 1.29 is 19.1 Å². The predicted octanol–water partition coefficient (Wildman–Crippen LogP) is 1.85. The predicted molar refractivity (Wildman–Crippen MR) is 110 cm³/mol. The van der Waals surface area contributed by atoms with E-state index in [1.165, 1.54) is 7.11 Å². The summed E-state index contributed by atoms with van der Waals surface area (Å²) in [5, 5.41) is 6.53. The van der Waals surface area contributed by atoms with Crippen LogP contribution in [-0.4, -0.2) is 62.0 Å². The minimum atomic E-state index is -0.146. The van der Waals surface area contributed by atoms with Gasteiger partial charge in [-0.15, -0.1) is 0 Å². The second-order valence-corrected chi connectivity index (χ2v) is 8.96. The summed E-state index contributed by atoms with van der Waals surface area (Å²) in [6.45, 7) is 3.46. The monoisotopic (exact) mass is 407 g/mol. The molecule has 0 aromatic rings. The Morgan fingerprint density at radius 1 is 0.931 bits per heavy atom. The molecule has 2 N–H and O–H groups in total. The van der Waals surface area contributed by atoms with Crippen molar-refractivity contribution in [3.8, 4) is 0 Å². The lowest BCUT2D eigenvalue weighted by Gasteiger charge is -2.36. The molecular weight excluding hydrogens is 370 g/mol. The number of hydrogen-bond acceptors (Lipinski definition) is 5. The van der Waals surface area contributed by atoms with Crippen molar-refractivity contribution in [1.82, 2.24) is 15.5 Å². The smallest absolute Gasteiger partial charge is 0.305 e. The van der Waals surface area contributed by atoms with Crippen LogP contribution in [0.4, 0.5) is 0 Å². The Morgan fingerprint density at radius 3 is 2.21 bits per heavy atom. The fraction of sp³-hybridized carbons (Fsp3) is 0.864. The average molecular weight is 408 g/mol. The SMILES string of the molecule is COC(=O)CCC1CCN(C(=O)C2CCC(NC(=O)C3CCNCC3)CC2)CC1. The summed E-state index contributed by atoms with van der Waals surface area (Å²) in [4.78, 5) is 38.7. The lowest BCUT2D eigenvalue weighted by Crippen LogP contribution is -2.46. The molecule has 7 nitrogen and oxygen atoms in total. The maximum absolute atomic E-state index is 12.9. The summed E-state index contributed by atoms with van der Waals surface area (Å²) < 4.78 is 4.71. The molecule has 0 unspecified atom stereocenters. The number of hydrogen-bond donors (Lipinski definition) is 2. The highest BCUT2D eigenvalue weighted by molar-refractivity contribution is 5.80. The second kappa shape index (κ2) is 11.0. The van der Waals surface area contributed by atoms with E-state index in [1.807, 2.05) is 4.90 Å². The highest BCUT2D eigenvalue weighted by atomic mass is 16.5. The van der Waals surface area contributed by atoms with Crippen LogP contribution in [0.2, 0.25) is 0 Å². The largest absolute Gasteiger partial charge is 0.469 e. The number of likely N-dealkylation sites (tertiary alicyclic amines) is 1. The summed E-state index contributed by atoms with van der Waals surface area (Å²) >= 11 is 0. The molecule has 2 aliphatic heterocycles. The lowest BCUT2D eigenvalue weighted by atomic mass is 9.83. The van der Waals surface area contributed by atoms with Gasteiger partial charge in [0.25, 0.3) is 0 Å². The van der Waals surface area contributed by atoms with Gasteiger partial charge in [-0.3, -0.25) is 14.4 Å². The topological polar surface area (TPSA) is 87.7 Å². The Labute approximate surface area is 174 Å². The van der Waals surface area contributed by atoms with Crippen molar-refractivity contribution in [2.45, 2.75) is 70.3 Å². The molecule has 164 valence electrons. The summed E-state index contributed by atoms with van der Waals surface area (Å²) in [7, 11) is 1.43. The van der Waals surface area contributed by atoms with Gasteiger partial charge in [-0.1, -0.05) is 0 Å². The van der Waals surface area contributed by atoms with E-state index < -0.39 is 0 Å². The molecule has 0 aromatic carbocycles. The molecule has 3 rings (SSSR count). The quantitative estimate of drug-likeness (QED) is 0.656. The molecule has 0 spiro atoms. The van der Waals surface area contributed by atoms with Crippen molar-refractivity contribution in [2.24, 2.45) is 17.8 Å². The first-order valence-electron chi connectivity index (χ1n) is 11.4. The molecule has 1 saturated carbocycles. The molecule has 2 amide bonds. The molecule has 29 heavy (non-hydrogen) atoms. The first-order chi connectivity index (χ1) is 14.1. The first kappa shape index (κ1) is 22.1. The van der Waals surface area contributed by atoms with Crippen molar-refractivity contribution in [2.75, 3.05) is 33.3 Å².